The lowest BCUT2D eigenvalue weighted by atomic mass is 10.3. The number of benzene rings is 1. The van der Waals surface area contributed by atoms with E-state index in [0.717, 1.165) is 21.8 Å². The molecule has 1 aromatic carbocycles. The summed E-state index contributed by atoms with van der Waals surface area (Å²) < 4.78 is 15.7. The third kappa shape index (κ3) is 3.36. The van der Waals surface area contributed by atoms with Gasteiger partial charge in [0.25, 0.3) is 0 Å². The molecule has 0 saturated carbocycles. The van der Waals surface area contributed by atoms with Crippen molar-refractivity contribution in [2.24, 2.45) is 0 Å². The number of fused-ring (bicyclic) bond motifs is 1. The average molecular weight is 345 g/mol. The van der Waals surface area contributed by atoms with Crippen LogP contribution in [0.25, 0.3) is 11.0 Å². The molecule has 100 valence electrons. The van der Waals surface area contributed by atoms with Crippen LogP contribution in [0.2, 0.25) is 0 Å². The zero-order chi connectivity index (χ0) is 14.0. The van der Waals surface area contributed by atoms with Crippen LogP contribution in [0.4, 0.5) is 4.39 Å². The predicted molar refractivity (Wildman–Crippen MR) is 76.1 cm³/mol. The van der Waals surface area contributed by atoms with E-state index in [2.05, 4.69) is 27.5 Å². The van der Waals surface area contributed by atoms with Gasteiger partial charge in [-0.25, -0.2) is 9.37 Å². The minimum atomic E-state index is -0.924. The first-order valence-electron chi connectivity index (χ1n) is 5.31. The van der Waals surface area contributed by atoms with Crippen LogP contribution in [0.15, 0.2) is 34.4 Å². The largest absolute Gasteiger partial charge is 0.481 e. The summed E-state index contributed by atoms with van der Waals surface area (Å²) in [5, 5.41) is 9.25. The van der Waals surface area contributed by atoms with Crippen LogP contribution >= 0.6 is 27.7 Å². The molecule has 0 amide bonds. The molecule has 0 fully saturated rings. The summed E-state index contributed by atoms with van der Waals surface area (Å²) in [6, 6.07) is 4.30. The van der Waals surface area contributed by atoms with Crippen LogP contribution in [0, 0.1) is 5.82 Å². The molecule has 0 aliphatic heterocycles. The van der Waals surface area contributed by atoms with E-state index in [0.29, 0.717) is 17.2 Å². The molecule has 19 heavy (non-hydrogen) atoms. The number of allylic oxidation sites excluding steroid dienone is 1. The van der Waals surface area contributed by atoms with Crippen molar-refractivity contribution in [1.29, 1.82) is 0 Å². The monoisotopic (exact) mass is 344 g/mol. The number of nitrogens with zero attached hydrogens (tertiary/aromatic N) is 2. The summed E-state index contributed by atoms with van der Waals surface area (Å²) in [5.41, 5.74) is 1.25. The lowest BCUT2D eigenvalue weighted by Gasteiger charge is -2.06. The molecule has 4 nitrogen and oxygen atoms in total. The van der Waals surface area contributed by atoms with Gasteiger partial charge in [-0.15, -0.1) is 0 Å². The van der Waals surface area contributed by atoms with Crippen molar-refractivity contribution >= 4 is 44.7 Å². The Morgan fingerprint density at radius 2 is 2.32 bits per heavy atom. The van der Waals surface area contributed by atoms with Crippen molar-refractivity contribution in [1.82, 2.24) is 9.55 Å². The topological polar surface area (TPSA) is 55.1 Å². The normalized spacial score (nSPS) is 10.8. The maximum absolute atomic E-state index is 13.2. The van der Waals surface area contributed by atoms with Gasteiger partial charge in [-0.3, -0.25) is 4.79 Å². The number of carboxylic acids is 1. The number of hydrogen-bond donors (Lipinski definition) is 1. The molecule has 0 aliphatic carbocycles. The van der Waals surface area contributed by atoms with Crippen molar-refractivity contribution < 1.29 is 14.3 Å². The third-order valence-corrected chi connectivity index (χ3v) is 3.54. The van der Waals surface area contributed by atoms with Gasteiger partial charge < -0.3 is 9.67 Å². The molecule has 0 radical (unpaired) electrons. The first-order chi connectivity index (χ1) is 8.97. The van der Waals surface area contributed by atoms with Crippen molar-refractivity contribution in [2.75, 3.05) is 5.75 Å². The van der Waals surface area contributed by atoms with E-state index in [9.17, 15) is 9.18 Å². The number of aliphatic carboxylic acids is 1. The fourth-order valence-corrected chi connectivity index (χ4v) is 2.63. The van der Waals surface area contributed by atoms with Crippen molar-refractivity contribution in [3.8, 4) is 0 Å². The lowest BCUT2D eigenvalue weighted by Crippen LogP contribution is -2.03. The summed E-state index contributed by atoms with van der Waals surface area (Å²) in [7, 11) is 0. The molecule has 7 heteroatoms. The zero-order valence-corrected chi connectivity index (χ0v) is 12.2. The Bertz CT molecular complexity index is 656. The van der Waals surface area contributed by atoms with Crippen molar-refractivity contribution in [2.45, 2.75) is 11.7 Å². The molecule has 0 unspecified atom stereocenters. The van der Waals surface area contributed by atoms with Gasteiger partial charge >= 0.3 is 5.97 Å². The van der Waals surface area contributed by atoms with Crippen LogP contribution in [-0.2, 0) is 11.3 Å². The molecule has 0 spiro atoms. The van der Waals surface area contributed by atoms with E-state index in [1.54, 1.807) is 10.6 Å². The molecule has 0 saturated heterocycles. The fourth-order valence-electron chi connectivity index (χ4n) is 1.64. The fraction of sp³-hybridized carbons (Fsp3) is 0.167. The summed E-state index contributed by atoms with van der Waals surface area (Å²) in [4.78, 5) is 14.9. The van der Waals surface area contributed by atoms with Crippen LogP contribution in [0.5, 0.6) is 0 Å². The Labute approximate surface area is 121 Å². The molecule has 2 aromatic rings. The van der Waals surface area contributed by atoms with E-state index < -0.39 is 5.97 Å². The minimum Gasteiger partial charge on any atom is -0.481 e. The summed E-state index contributed by atoms with van der Waals surface area (Å²) in [6.45, 7) is 4.21. The smallest absolute Gasteiger partial charge is 0.313 e. The molecule has 2 rings (SSSR count). The Morgan fingerprint density at radius 1 is 1.58 bits per heavy atom. The van der Waals surface area contributed by atoms with Crippen LogP contribution in [-0.4, -0.2) is 26.4 Å². The highest BCUT2D eigenvalue weighted by Gasteiger charge is 2.13. The lowest BCUT2D eigenvalue weighted by molar-refractivity contribution is -0.133. The molecule has 1 N–H and O–H groups in total. The van der Waals surface area contributed by atoms with E-state index in [-0.39, 0.29) is 11.6 Å². The number of carboxylic acid groups (broad SMARTS) is 1. The maximum atomic E-state index is 13.2. The highest BCUT2D eigenvalue weighted by molar-refractivity contribution is 9.11. The second kappa shape index (κ2) is 5.75. The van der Waals surface area contributed by atoms with Gasteiger partial charge in [0.05, 0.1) is 23.3 Å². The van der Waals surface area contributed by atoms with Gasteiger partial charge in [0, 0.05) is 10.5 Å². The first-order valence-corrected chi connectivity index (χ1v) is 7.09. The molecular weight excluding hydrogens is 335 g/mol. The van der Waals surface area contributed by atoms with Crippen LogP contribution in [0.1, 0.15) is 0 Å². The van der Waals surface area contributed by atoms with E-state index >= 15 is 0 Å². The van der Waals surface area contributed by atoms with Gasteiger partial charge in [0.1, 0.15) is 5.82 Å². The molecular formula is C12H10BrFN2O2S. The third-order valence-electron chi connectivity index (χ3n) is 2.33. The highest BCUT2D eigenvalue weighted by atomic mass is 79.9. The minimum absolute atomic E-state index is 0.0967. The van der Waals surface area contributed by atoms with E-state index in [4.69, 9.17) is 5.11 Å². The number of carbonyl (C=O) groups is 1. The zero-order valence-electron chi connectivity index (χ0n) is 9.77. The summed E-state index contributed by atoms with van der Waals surface area (Å²) >= 11 is 4.36. The maximum Gasteiger partial charge on any atom is 0.313 e. The predicted octanol–water partition coefficient (Wildman–Crippen LogP) is 3.26. The second-order valence-corrected chi connectivity index (χ2v) is 5.88. The average Bonchev–Trinajstić information content (AvgIpc) is 2.63. The van der Waals surface area contributed by atoms with Gasteiger partial charge in [-0.1, -0.05) is 34.3 Å². The number of thioether (sulfide) groups is 1. The van der Waals surface area contributed by atoms with E-state index in [1.807, 2.05) is 0 Å². The molecule has 1 heterocycles. The second-order valence-electron chi connectivity index (χ2n) is 3.81. The van der Waals surface area contributed by atoms with Gasteiger partial charge in [-0.2, -0.15) is 0 Å². The Kier molecular flexibility index (Phi) is 4.26. The van der Waals surface area contributed by atoms with Gasteiger partial charge in [0.15, 0.2) is 5.16 Å². The SMILES string of the molecule is C=C(Br)Cn1c(SCC(=O)O)nc2cc(F)ccc21. The number of hydrogen-bond acceptors (Lipinski definition) is 3. The van der Waals surface area contributed by atoms with Crippen LogP contribution < -0.4 is 0 Å². The number of rotatable bonds is 5. The Balaban J connectivity index is 2.47. The number of aromatic nitrogens is 2. The molecule has 0 aliphatic rings. The van der Waals surface area contributed by atoms with Gasteiger partial charge in [0.2, 0.25) is 0 Å². The summed E-state index contributed by atoms with van der Waals surface area (Å²) in [5.74, 6) is -1.39. The molecule has 1 aromatic heterocycles. The molecule has 0 bridgehead atoms. The van der Waals surface area contributed by atoms with Crippen molar-refractivity contribution in [3.05, 3.63) is 35.1 Å². The standard InChI is InChI=1S/C12H10BrFN2O2S/c1-7(13)5-16-10-3-2-8(14)4-9(10)15-12(16)19-6-11(17)18/h2-4H,1,5-6H2,(H,17,18). The Hall–Kier alpha value is -1.34. The van der Waals surface area contributed by atoms with Crippen LogP contribution in [0.3, 0.4) is 0 Å². The highest BCUT2D eigenvalue weighted by Crippen LogP contribution is 2.26. The van der Waals surface area contributed by atoms with Gasteiger partial charge in [-0.05, 0) is 12.1 Å². The van der Waals surface area contributed by atoms with Crippen molar-refractivity contribution in [3.63, 3.8) is 0 Å². The molecule has 0 atom stereocenters. The van der Waals surface area contributed by atoms with E-state index in [1.165, 1.54) is 12.1 Å². The number of imidazole rings is 1. The number of halogens is 2. The quantitative estimate of drug-likeness (QED) is 0.846. The first kappa shape index (κ1) is 14.1. The Morgan fingerprint density at radius 3 is 2.95 bits per heavy atom. The summed E-state index contributed by atoms with van der Waals surface area (Å²) in [6.07, 6.45) is 0.